The van der Waals surface area contributed by atoms with Crippen molar-refractivity contribution < 1.29 is 13.5 Å². The van der Waals surface area contributed by atoms with Gasteiger partial charge in [-0.1, -0.05) is 12.5 Å². The van der Waals surface area contributed by atoms with Gasteiger partial charge < -0.3 is 5.11 Å². The number of aryl methyl sites for hydroxylation is 1. The maximum Gasteiger partial charge on any atom is 0.240 e. The van der Waals surface area contributed by atoms with Gasteiger partial charge in [0.1, 0.15) is 0 Å². The van der Waals surface area contributed by atoms with E-state index in [0.29, 0.717) is 10.8 Å². The predicted molar refractivity (Wildman–Crippen MR) is 82.4 cm³/mol. The Kier molecular flexibility index (Phi) is 5.12. The molecule has 0 heterocycles. The van der Waals surface area contributed by atoms with E-state index in [9.17, 15) is 13.5 Å². The number of hydrogen-bond acceptors (Lipinski definition) is 4. The maximum absolute atomic E-state index is 12.4. The van der Waals surface area contributed by atoms with E-state index in [-0.39, 0.29) is 17.5 Å². The second-order valence-electron chi connectivity index (χ2n) is 5.18. The minimum atomic E-state index is -3.51. The fourth-order valence-electron chi connectivity index (χ4n) is 2.60. The SMILES string of the molecule is CSC1CCCC1NS(=O)(=O)c1ccc(C)c(CO)c1. The molecule has 1 aromatic carbocycles. The highest BCUT2D eigenvalue weighted by Gasteiger charge is 2.30. The Morgan fingerprint density at radius 3 is 2.80 bits per heavy atom. The molecule has 0 aliphatic heterocycles. The molecule has 2 rings (SSSR count). The summed E-state index contributed by atoms with van der Waals surface area (Å²) in [4.78, 5) is 0.235. The van der Waals surface area contributed by atoms with Gasteiger partial charge in [0.05, 0.1) is 11.5 Å². The van der Waals surface area contributed by atoms with Gasteiger partial charge in [-0.05, 0) is 49.3 Å². The molecule has 0 saturated heterocycles. The van der Waals surface area contributed by atoms with Crippen LogP contribution in [0.5, 0.6) is 0 Å². The monoisotopic (exact) mass is 315 g/mol. The lowest BCUT2D eigenvalue weighted by Crippen LogP contribution is -2.38. The quantitative estimate of drug-likeness (QED) is 0.873. The van der Waals surface area contributed by atoms with Crippen LogP contribution in [0.25, 0.3) is 0 Å². The molecule has 112 valence electrons. The summed E-state index contributed by atoms with van der Waals surface area (Å²) < 4.78 is 27.7. The van der Waals surface area contributed by atoms with Crippen molar-refractivity contribution in [3.05, 3.63) is 29.3 Å². The first-order chi connectivity index (χ1) is 9.47. The Morgan fingerprint density at radius 1 is 1.40 bits per heavy atom. The molecule has 1 aliphatic carbocycles. The molecule has 4 nitrogen and oxygen atoms in total. The highest BCUT2D eigenvalue weighted by Crippen LogP contribution is 2.29. The smallest absolute Gasteiger partial charge is 0.240 e. The largest absolute Gasteiger partial charge is 0.392 e. The van der Waals surface area contributed by atoms with Crippen LogP contribution >= 0.6 is 11.8 Å². The van der Waals surface area contributed by atoms with Gasteiger partial charge in [-0.3, -0.25) is 0 Å². The third-order valence-corrected chi connectivity index (χ3v) is 6.52. The molecule has 0 spiro atoms. The molecule has 0 bridgehead atoms. The molecule has 2 N–H and O–H groups in total. The number of nitrogens with one attached hydrogen (secondary N) is 1. The third-order valence-electron chi connectivity index (χ3n) is 3.86. The highest BCUT2D eigenvalue weighted by atomic mass is 32.2. The van der Waals surface area contributed by atoms with E-state index in [1.165, 1.54) is 0 Å². The molecule has 1 aromatic rings. The molecular formula is C14H21NO3S2. The van der Waals surface area contributed by atoms with E-state index in [4.69, 9.17) is 0 Å². The van der Waals surface area contributed by atoms with Crippen molar-refractivity contribution >= 4 is 21.8 Å². The number of benzene rings is 1. The Morgan fingerprint density at radius 2 is 2.15 bits per heavy atom. The number of sulfonamides is 1. The topological polar surface area (TPSA) is 66.4 Å². The van der Waals surface area contributed by atoms with Gasteiger partial charge >= 0.3 is 0 Å². The molecule has 0 radical (unpaired) electrons. The van der Waals surface area contributed by atoms with Crippen LogP contribution in [0.2, 0.25) is 0 Å². The first-order valence-corrected chi connectivity index (χ1v) is 9.50. The van der Waals surface area contributed by atoms with Crippen LogP contribution in [0.3, 0.4) is 0 Å². The van der Waals surface area contributed by atoms with E-state index < -0.39 is 10.0 Å². The first kappa shape index (κ1) is 15.8. The third kappa shape index (κ3) is 3.36. The number of rotatable bonds is 5. The van der Waals surface area contributed by atoms with E-state index in [1.807, 2.05) is 13.2 Å². The van der Waals surface area contributed by atoms with Crippen molar-refractivity contribution in [3.8, 4) is 0 Å². The summed E-state index contributed by atoms with van der Waals surface area (Å²) in [7, 11) is -3.51. The van der Waals surface area contributed by atoms with Gasteiger partial charge in [-0.2, -0.15) is 11.8 Å². The summed E-state index contributed by atoms with van der Waals surface area (Å²) >= 11 is 1.72. The van der Waals surface area contributed by atoms with Gasteiger partial charge in [0.2, 0.25) is 10.0 Å². The zero-order valence-corrected chi connectivity index (χ0v) is 13.4. The Labute approximate surface area is 125 Å². The lowest BCUT2D eigenvalue weighted by molar-refractivity contribution is 0.280. The van der Waals surface area contributed by atoms with Crippen LogP contribution in [-0.4, -0.2) is 31.1 Å². The summed E-state index contributed by atoms with van der Waals surface area (Å²) in [6.45, 7) is 1.71. The van der Waals surface area contributed by atoms with Crippen LogP contribution in [0.15, 0.2) is 23.1 Å². The Bertz CT molecular complexity index is 572. The van der Waals surface area contributed by atoms with Gasteiger partial charge in [-0.25, -0.2) is 13.1 Å². The van der Waals surface area contributed by atoms with E-state index in [1.54, 1.807) is 30.0 Å². The van der Waals surface area contributed by atoms with E-state index >= 15 is 0 Å². The van der Waals surface area contributed by atoms with Gasteiger partial charge in [0.15, 0.2) is 0 Å². The number of aliphatic hydroxyl groups excluding tert-OH is 1. The van der Waals surface area contributed by atoms with Gasteiger partial charge in [-0.15, -0.1) is 0 Å². The molecule has 0 aromatic heterocycles. The number of hydrogen-bond donors (Lipinski definition) is 2. The Hall–Kier alpha value is -0.560. The van der Waals surface area contributed by atoms with Crippen molar-refractivity contribution in [1.29, 1.82) is 0 Å². The van der Waals surface area contributed by atoms with Crippen LogP contribution in [0.4, 0.5) is 0 Å². The second-order valence-corrected chi connectivity index (χ2v) is 7.97. The van der Waals surface area contributed by atoms with E-state index in [0.717, 1.165) is 24.8 Å². The van der Waals surface area contributed by atoms with Crippen molar-refractivity contribution in [1.82, 2.24) is 4.72 Å². The summed E-state index contributed by atoms with van der Waals surface area (Å²) in [5.74, 6) is 0. The second kappa shape index (κ2) is 6.47. The molecule has 6 heteroatoms. The highest BCUT2D eigenvalue weighted by molar-refractivity contribution is 7.99. The van der Waals surface area contributed by atoms with Crippen LogP contribution in [0, 0.1) is 6.92 Å². The van der Waals surface area contributed by atoms with Gasteiger partial charge in [0.25, 0.3) is 0 Å². The minimum absolute atomic E-state index is 0.00822. The molecule has 2 unspecified atom stereocenters. The van der Waals surface area contributed by atoms with Crippen LogP contribution in [-0.2, 0) is 16.6 Å². The molecule has 1 saturated carbocycles. The number of thioether (sulfide) groups is 1. The zero-order valence-electron chi connectivity index (χ0n) is 11.8. The fourth-order valence-corrected chi connectivity index (χ4v) is 4.98. The molecule has 1 fully saturated rings. The lowest BCUT2D eigenvalue weighted by Gasteiger charge is -2.19. The predicted octanol–water partition coefficient (Wildman–Crippen LogP) is 2.05. The van der Waals surface area contributed by atoms with Crippen LogP contribution < -0.4 is 4.72 Å². The molecule has 1 aliphatic rings. The summed E-state index contributed by atoms with van der Waals surface area (Å²) in [5.41, 5.74) is 1.55. The molecular weight excluding hydrogens is 294 g/mol. The molecule has 0 amide bonds. The summed E-state index contributed by atoms with van der Waals surface area (Å²) in [5, 5.41) is 9.61. The molecule has 2 atom stereocenters. The lowest BCUT2D eigenvalue weighted by atomic mass is 10.1. The Balaban J connectivity index is 2.22. The van der Waals surface area contributed by atoms with Crippen molar-refractivity contribution in [2.45, 2.75) is 49.0 Å². The maximum atomic E-state index is 12.4. The summed E-state index contributed by atoms with van der Waals surface area (Å²) in [6, 6.07) is 4.90. The average Bonchev–Trinajstić information content (AvgIpc) is 2.85. The average molecular weight is 315 g/mol. The first-order valence-electron chi connectivity index (χ1n) is 6.73. The van der Waals surface area contributed by atoms with Crippen molar-refractivity contribution in [2.24, 2.45) is 0 Å². The molecule has 20 heavy (non-hydrogen) atoms. The van der Waals surface area contributed by atoms with E-state index in [2.05, 4.69) is 4.72 Å². The van der Waals surface area contributed by atoms with Crippen molar-refractivity contribution in [3.63, 3.8) is 0 Å². The fraction of sp³-hybridized carbons (Fsp3) is 0.571. The standard InChI is InChI=1S/C14H21NO3S2/c1-10-6-7-12(8-11(10)9-16)20(17,18)15-13-4-3-5-14(13)19-2/h6-8,13-16H,3-5,9H2,1-2H3. The normalized spacial score (nSPS) is 23.1. The number of aliphatic hydroxyl groups is 1. The zero-order chi connectivity index (χ0) is 14.8. The summed E-state index contributed by atoms with van der Waals surface area (Å²) in [6.07, 6.45) is 5.04. The minimum Gasteiger partial charge on any atom is -0.392 e. The van der Waals surface area contributed by atoms with Crippen LogP contribution in [0.1, 0.15) is 30.4 Å². The van der Waals surface area contributed by atoms with Gasteiger partial charge in [0, 0.05) is 11.3 Å². The van der Waals surface area contributed by atoms with Crippen molar-refractivity contribution in [2.75, 3.05) is 6.26 Å².